The lowest BCUT2D eigenvalue weighted by Gasteiger charge is -2.33. The molecule has 0 bridgehead atoms. The maximum atomic E-state index is 13.6. The minimum atomic E-state index is -1.90. The molecule has 2 aromatic rings. The molecule has 1 fully saturated rings. The van der Waals surface area contributed by atoms with Gasteiger partial charge in [-0.1, -0.05) is 24.3 Å². The molecule has 2 aliphatic carbocycles. The van der Waals surface area contributed by atoms with Gasteiger partial charge in [-0.25, -0.2) is 0 Å². The van der Waals surface area contributed by atoms with Crippen molar-refractivity contribution in [3.63, 3.8) is 0 Å². The Morgan fingerprint density at radius 3 is 2.78 bits per heavy atom. The van der Waals surface area contributed by atoms with Gasteiger partial charge in [-0.3, -0.25) is 9.59 Å². The smallest absolute Gasteiger partial charge is 0.254 e. The Hall–Kier alpha value is -2.86. The first-order chi connectivity index (χ1) is 12.9. The highest BCUT2D eigenvalue weighted by atomic mass is 16.6. The van der Waals surface area contributed by atoms with Gasteiger partial charge in [0.2, 0.25) is 5.91 Å². The lowest BCUT2D eigenvalue weighted by molar-refractivity contribution is -0.163. The number of nitrogen functional groups attached to an aromatic ring is 1. The van der Waals surface area contributed by atoms with E-state index in [1.807, 2.05) is 18.2 Å². The summed E-state index contributed by atoms with van der Waals surface area (Å²) in [4.78, 5) is 25.2. The fourth-order valence-corrected chi connectivity index (χ4v) is 4.51. The van der Waals surface area contributed by atoms with Crippen LogP contribution in [-0.4, -0.2) is 23.3 Å². The highest BCUT2D eigenvalue weighted by Crippen LogP contribution is 2.60. The molecule has 6 nitrogen and oxygen atoms in total. The Bertz CT molecular complexity index is 1010. The summed E-state index contributed by atoms with van der Waals surface area (Å²) in [6, 6.07) is 10.7. The van der Waals surface area contributed by atoms with Crippen molar-refractivity contribution in [2.24, 2.45) is 0 Å². The van der Waals surface area contributed by atoms with Crippen molar-refractivity contribution < 1.29 is 19.4 Å². The molecule has 1 saturated carbocycles. The van der Waals surface area contributed by atoms with Crippen LogP contribution in [0.3, 0.4) is 0 Å². The quantitative estimate of drug-likeness (QED) is 0.723. The summed E-state index contributed by atoms with van der Waals surface area (Å²) in [5.41, 5.74) is 7.25. The molecule has 1 heterocycles. The molecular formula is C21H20N2O4. The molecule has 0 radical (unpaired) electrons. The van der Waals surface area contributed by atoms with E-state index in [0.717, 1.165) is 18.4 Å². The van der Waals surface area contributed by atoms with E-state index in [9.17, 15) is 14.7 Å². The molecule has 2 aromatic carbocycles. The van der Waals surface area contributed by atoms with Crippen LogP contribution in [0.25, 0.3) is 0 Å². The van der Waals surface area contributed by atoms with Crippen LogP contribution in [0.15, 0.2) is 36.4 Å². The second kappa shape index (κ2) is 5.10. The van der Waals surface area contributed by atoms with Crippen molar-refractivity contribution in [3.8, 4) is 5.75 Å². The lowest BCUT2D eigenvalue weighted by Crippen LogP contribution is -2.55. The van der Waals surface area contributed by atoms with Gasteiger partial charge in [0.05, 0.1) is 5.56 Å². The van der Waals surface area contributed by atoms with E-state index in [4.69, 9.17) is 10.5 Å². The first kappa shape index (κ1) is 16.3. The highest BCUT2D eigenvalue weighted by Gasteiger charge is 2.71. The average Bonchev–Trinajstić information content (AvgIpc) is 3.40. The van der Waals surface area contributed by atoms with Crippen molar-refractivity contribution in [2.75, 3.05) is 12.3 Å². The molecule has 2 atom stereocenters. The highest BCUT2D eigenvalue weighted by molar-refractivity contribution is 6.14. The van der Waals surface area contributed by atoms with E-state index < -0.39 is 11.2 Å². The van der Waals surface area contributed by atoms with Crippen LogP contribution in [0.4, 0.5) is 5.69 Å². The van der Waals surface area contributed by atoms with E-state index in [0.29, 0.717) is 28.5 Å². The summed E-state index contributed by atoms with van der Waals surface area (Å²) in [6.45, 7) is 1.31. The molecule has 1 aliphatic heterocycles. The number of amides is 1. The van der Waals surface area contributed by atoms with Crippen LogP contribution >= 0.6 is 0 Å². The van der Waals surface area contributed by atoms with Gasteiger partial charge in [0.1, 0.15) is 11.2 Å². The van der Waals surface area contributed by atoms with Crippen molar-refractivity contribution in [3.05, 3.63) is 58.7 Å². The third kappa shape index (κ3) is 1.93. The van der Waals surface area contributed by atoms with Crippen LogP contribution in [0.2, 0.25) is 0 Å². The van der Waals surface area contributed by atoms with E-state index in [-0.39, 0.29) is 23.8 Å². The van der Waals surface area contributed by atoms with Crippen LogP contribution in [0, 0.1) is 0 Å². The molecule has 5 rings (SSSR count). The number of anilines is 1. The van der Waals surface area contributed by atoms with Gasteiger partial charge in [-0.15, -0.1) is 0 Å². The third-order valence-electron chi connectivity index (χ3n) is 6.03. The number of hydrogen-bond donors (Lipinski definition) is 3. The number of rotatable bonds is 3. The van der Waals surface area contributed by atoms with E-state index in [1.165, 1.54) is 6.92 Å². The van der Waals surface area contributed by atoms with Crippen LogP contribution in [0.5, 0.6) is 5.75 Å². The number of hydrogen-bond acceptors (Lipinski definition) is 5. The average molecular weight is 364 g/mol. The lowest BCUT2D eigenvalue weighted by atomic mass is 9.74. The summed E-state index contributed by atoms with van der Waals surface area (Å²) < 4.78 is 6.05. The largest absolute Gasteiger partial charge is 0.456 e. The van der Waals surface area contributed by atoms with Gasteiger partial charge >= 0.3 is 0 Å². The van der Waals surface area contributed by atoms with Gasteiger partial charge in [-0.05, 0) is 36.5 Å². The third-order valence-corrected chi connectivity index (χ3v) is 6.03. The van der Waals surface area contributed by atoms with Crippen molar-refractivity contribution in [1.29, 1.82) is 0 Å². The van der Waals surface area contributed by atoms with Gasteiger partial charge in [0.25, 0.3) is 5.79 Å². The van der Waals surface area contributed by atoms with Gasteiger partial charge in [0, 0.05) is 30.3 Å². The fraction of sp³-hybridized carbons (Fsp3) is 0.333. The predicted molar refractivity (Wildman–Crippen MR) is 98.5 cm³/mol. The Morgan fingerprint density at radius 1 is 1.30 bits per heavy atom. The van der Waals surface area contributed by atoms with E-state index >= 15 is 0 Å². The van der Waals surface area contributed by atoms with Crippen LogP contribution < -0.4 is 15.8 Å². The second-order valence-corrected chi connectivity index (χ2v) is 7.69. The number of ether oxygens (including phenoxy) is 1. The zero-order chi connectivity index (χ0) is 19.0. The van der Waals surface area contributed by atoms with Gasteiger partial charge in [-0.2, -0.15) is 0 Å². The zero-order valence-electron chi connectivity index (χ0n) is 14.9. The Kier molecular flexibility index (Phi) is 3.09. The van der Waals surface area contributed by atoms with E-state index in [2.05, 4.69) is 5.32 Å². The number of carbonyl (C=O) groups excluding carboxylic acids is 2. The maximum Gasteiger partial charge on any atom is 0.254 e. The molecular weight excluding hydrogens is 344 g/mol. The molecule has 3 aliphatic rings. The number of nitrogens with two attached hydrogens (primary N) is 1. The van der Waals surface area contributed by atoms with Gasteiger partial charge < -0.3 is 20.9 Å². The van der Waals surface area contributed by atoms with Crippen molar-refractivity contribution in [1.82, 2.24) is 5.32 Å². The van der Waals surface area contributed by atoms with Crippen molar-refractivity contribution >= 4 is 17.4 Å². The number of carbonyl (C=O) groups is 2. The molecule has 0 aromatic heterocycles. The van der Waals surface area contributed by atoms with Crippen LogP contribution in [0.1, 0.15) is 52.7 Å². The summed E-state index contributed by atoms with van der Waals surface area (Å²) in [7, 11) is 0. The minimum Gasteiger partial charge on any atom is -0.456 e. The van der Waals surface area contributed by atoms with Gasteiger partial charge in [0.15, 0.2) is 5.78 Å². The molecule has 1 amide bonds. The fourth-order valence-electron chi connectivity index (χ4n) is 4.51. The molecule has 138 valence electrons. The Morgan fingerprint density at radius 2 is 2.07 bits per heavy atom. The molecule has 6 heteroatoms. The second-order valence-electron chi connectivity index (χ2n) is 7.69. The standard InChI is InChI=1S/C21H20N2O4/c1-11(24)23-10-20-14-8-7-13(12-5-6-12)9-17(14)27-21(20,26)15-3-2-4-16(22)18(15)19(20)25/h2-4,7-9,12,26H,5-6,10,22H2,1H3,(H,23,24)/t20?,21-/m1/s1. The molecule has 27 heavy (non-hydrogen) atoms. The number of fused-ring (bicyclic) bond motifs is 5. The van der Waals surface area contributed by atoms with Crippen molar-refractivity contribution in [2.45, 2.75) is 36.9 Å². The monoisotopic (exact) mass is 364 g/mol. The molecule has 0 spiro atoms. The first-order valence-corrected chi connectivity index (χ1v) is 9.12. The van der Waals surface area contributed by atoms with E-state index in [1.54, 1.807) is 18.2 Å². The summed E-state index contributed by atoms with van der Waals surface area (Å²) in [6.07, 6.45) is 2.27. The maximum absolute atomic E-state index is 13.6. The first-order valence-electron chi connectivity index (χ1n) is 9.12. The number of aliphatic hydroxyl groups is 1. The molecule has 0 saturated heterocycles. The number of benzene rings is 2. The summed E-state index contributed by atoms with van der Waals surface area (Å²) >= 11 is 0. The normalized spacial score (nSPS) is 27.6. The molecule has 4 N–H and O–H groups in total. The number of ketones is 1. The predicted octanol–water partition coefficient (Wildman–Crippen LogP) is 1.95. The summed E-state index contributed by atoms with van der Waals surface area (Å²) in [5.74, 6) is -1.51. The molecule has 1 unspecified atom stereocenters. The number of Topliss-reactive ketones (excluding diaryl/α,β-unsaturated/α-hetero) is 1. The SMILES string of the molecule is CC(=O)NCC12C(=O)c3c(N)cccc3[C@@]1(O)Oc1cc(C3CC3)ccc12. The summed E-state index contributed by atoms with van der Waals surface area (Å²) in [5, 5.41) is 14.4. The number of nitrogens with one attached hydrogen (secondary N) is 1. The zero-order valence-corrected chi connectivity index (χ0v) is 14.9. The Balaban J connectivity index is 1.74. The van der Waals surface area contributed by atoms with Crippen LogP contribution in [-0.2, 0) is 16.0 Å². The Labute approximate surface area is 156 Å². The minimum absolute atomic E-state index is 0.0679. The topological polar surface area (TPSA) is 102 Å².